The minimum atomic E-state index is -0.316. The van der Waals surface area contributed by atoms with Gasteiger partial charge in [0.2, 0.25) is 0 Å². The Morgan fingerprint density at radius 1 is 1.41 bits per heavy atom. The molecule has 0 bridgehead atoms. The molecule has 0 spiro atoms. The zero-order chi connectivity index (χ0) is 12.4. The summed E-state index contributed by atoms with van der Waals surface area (Å²) in [5.41, 5.74) is 6.21. The Bertz CT molecular complexity index is 433. The topological polar surface area (TPSA) is 49.9 Å². The van der Waals surface area contributed by atoms with Gasteiger partial charge in [0.05, 0.1) is 10.9 Å². The Hall–Kier alpha value is -1.09. The monoisotopic (exact) mass is 254 g/mol. The maximum atomic E-state index is 13.9. The summed E-state index contributed by atoms with van der Waals surface area (Å²) in [7, 11) is 0. The summed E-state index contributed by atoms with van der Waals surface area (Å²) >= 11 is 5.79. The second-order valence-electron chi connectivity index (χ2n) is 4.66. The molecule has 3 N–H and O–H groups in total. The van der Waals surface area contributed by atoms with Gasteiger partial charge in [0, 0.05) is 5.92 Å². The number of amidine groups is 1. The van der Waals surface area contributed by atoms with E-state index in [1.807, 2.05) is 0 Å². The number of nitrogens with two attached hydrogens (primary N) is 1. The van der Waals surface area contributed by atoms with Gasteiger partial charge in [-0.3, -0.25) is 5.41 Å². The molecule has 92 valence electrons. The third kappa shape index (κ3) is 2.60. The van der Waals surface area contributed by atoms with Crippen molar-refractivity contribution in [2.75, 3.05) is 0 Å². The third-order valence-corrected chi connectivity index (χ3v) is 3.83. The number of nitrogens with one attached hydrogen (secondary N) is 1. The average molecular weight is 255 g/mol. The van der Waals surface area contributed by atoms with Gasteiger partial charge >= 0.3 is 0 Å². The summed E-state index contributed by atoms with van der Waals surface area (Å²) in [5, 5.41) is 7.67. The molecular formula is C13H16ClFN2. The maximum Gasteiger partial charge on any atom is 0.145 e. The SMILES string of the molecule is N=C(N)C1CCCC(c2cccc(Cl)c2F)C1. The van der Waals surface area contributed by atoms with E-state index in [2.05, 4.69) is 0 Å². The fraction of sp³-hybridized carbons (Fsp3) is 0.462. The molecule has 1 aromatic carbocycles. The second-order valence-corrected chi connectivity index (χ2v) is 5.07. The van der Waals surface area contributed by atoms with Gasteiger partial charge in [-0.1, -0.05) is 30.2 Å². The lowest BCUT2D eigenvalue weighted by Crippen LogP contribution is -2.27. The second kappa shape index (κ2) is 5.05. The van der Waals surface area contributed by atoms with Crippen LogP contribution in [-0.4, -0.2) is 5.84 Å². The molecule has 2 nitrogen and oxygen atoms in total. The maximum absolute atomic E-state index is 13.9. The Labute approximate surface area is 105 Å². The van der Waals surface area contributed by atoms with Crippen LogP contribution in [0.5, 0.6) is 0 Å². The lowest BCUT2D eigenvalue weighted by atomic mass is 9.77. The molecule has 0 heterocycles. The van der Waals surface area contributed by atoms with Crippen molar-refractivity contribution in [1.29, 1.82) is 5.41 Å². The first kappa shape index (κ1) is 12.4. The molecule has 2 rings (SSSR count). The van der Waals surface area contributed by atoms with Gasteiger partial charge in [0.1, 0.15) is 5.82 Å². The van der Waals surface area contributed by atoms with Gasteiger partial charge in [-0.2, -0.15) is 0 Å². The molecule has 0 radical (unpaired) electrons. The molecule has 0 amide bonds. The third-order valence-electron chi connectivity index (χ3n) is 3.54. The van der Waals surface area contributed by atoms with E-state index in [0.717, 1.165) is 25.7 Å². The molecule has 4 heteroatoms. The van der Waals surface area contributed by atoms with E-state index in [1.54, 1.807) is 18.2 Å². The van der Waals surface area contributed by atoms with Crippen molar-refractivity contribution in [3.63, 3.8) is 0 Å². The first-order valence-electron chi connectivity index (χ1n) is 5.87. The molecule has 1 aliphatic carbocycles. The van der Waals surface area contributed by atoms with Crippen LogP contribution in [0.2, 0.25) is 5.02 Å². The average Bonchev–Trinajstić information content (AvgIpc) is 2.33. The molecule has 2 atom stereocenters. The minimum absolute atomic E-state index is 0.0899. The van der Waals surface area contributed by atoms with Crippen LogP contribution in [0.25, 0.3) is 0 Å². The van der Waals surface area contributed by atoms with Crippen LogP contribution >= 0.6 is 11.6 Å². The van der Waals surface area contributed by atoms with E-state index in [0.29, 0.717) is 5.56 Å². The predicted octanol–water partition coefficient (Wildman–Crippen LogP) is 3.69. The molecule has 1 aromatic rings. The smallest absolute Gasteiger partial charge is 0.145 e. The minimum Gasteiger partial charge on any atom is -0.387 e. The van der Waals surface area contributed by atoms with Crippen LogP contribution in [0.15, 0.2) is 18.2 Å². The van der Waals surface area contributed by atoms with E-state index in [4.69, 9.17) is 22.7 Å². The van der Waals surface area contributed by atoms with E-state index in [1.165, 1.54) is 0 Å². The lowest BCUT2D eigenvalue weighted by molar-refractivity contribution is 0.378. The lowest BCUT2D eigenvalue weighted by Gasteiger charge is -2.29. The van der Waals surface area contributed by atoms with Gasteiger partial charge < -0.3 is 5.73 Å². The molecule has 2 unspecified atom stereocenters. The summed E-state index contributed by atoms with van der Waals surface area (Å²) < 4.78 is 13.9. The highest BCUT2D eigenvalue weighted by atomic mass is 35.5. The highest BCUT2D eigenvalue weighted by molar-refractivity contribution is 6.30. The highest BCUT2D eigenvalue weighted by Gasteiger charge is 2.27. The Morgan fingerprint density at radius 3 is 2.88 bits per heavy atom. The summed E-state index contributed by atoms with van der Waals surface area (Å²) in [6.45, 7) is 0. The van der Waals surface area contributed by atoms with Crippen molar-refractivity contribution in [1.82, 2.24) is 0 Å². The highest BCUT2D eigenvalue weighted by Crippen LogP contribution is 2.38. The van der Waals surface area contributed by atoms with Crippen molar-refractivity contribution < 1.29 is 4.39 Å². The summed E-state index contributed by atoms with van der Waals surface area (Å²) in [5.74, 6) is 0.129. The number of hydrogen-bond acceptors (Lipinski definition) is 1. The molecule has 1 fully saturated rings. The van der Waals surface area contributed by atoms with Crippen molar-refractivity contribution in [3.8, 4) is 0 Å². The zero-order valence-electron chi connectivity index (χ0n) is 9.55. The number of rotatable bonds is 2. The molecule has 0 saturated heterocycles. The Balaban J connectivity index is 2.22. The van der Waals surface area contributed by atoms with E-state index in [9.17, 15) is 4.39 Å². The first-order chi connectivity index (χ1) is 8.09. The van der Waals surface area contributed by atoms with Crippen LogP contribution < -0.4 is 5.73 Å². The summed E-state index contributed by atoms with van der Waals surface area (Å²) in [6, 6.07) is 5.12. The molecule has 17 heavy (non-hydrogen) atoms. The van der Waals surface area contributed by atoms with Gasteiger partial charge in [0.15, 0.2) is 0 Å². The Kier molecular flexibility index (Phi) is 3.67. The van der Waals surface area contributed by atoms with Gasteiger partial charge in [-0.15, -0.1) is 0 Å². The van der Waals surface area contributed by atoms with E-state index in [-0.39, 0.29) is 28.5 Å². The van der Waals surface area contributed by atoms with Crippen LogP contribution in [0.4, 0.5) is 4.39 Å². The first-order valence-corrected chi connectivity index (χ1v) is 6.25. The molecular weight excluding hydrogens is 239 g/mol. The van der Waals surface area contributed by atoms with Crippen molar-refractivity contribution in [2.24, 2.45) is 11.7 Å². The van der Waals surface area contributed by atoms with E-state index < -0.39 is 0 Å². The largest absolute Gasteiger partial charge is 0.387 e. The van der Waals surface area contributed by atoms with Crippen LogP contribution in [0.1, 0.15) is 37.2 Å². The predicted molar refractivity (Wildman–Crippen MR) is 68.0 cm³/mol. The van der Waals surface area contributed by atoms with Crippen LogP contribution in [0.3, 0.4) is 0 Å². The summed E-state index contributed by atoms with van der Waals surface area (Å²) in [6.07, 6.45) is 3.63. The van der Waals surface area contributed by atoms with Crippen LogP contribution in [-0.2, 0) is 0 Å². The van der Waals surface area contributed by atoms with Crippen LogP contribution in [0, 0.1) is 17.1 Å². The zero-order valence-corrected chi connectivity index (χ0v) is 10.3. The van der Waals surface area contributed by atoms with Crippen molar-refractivity contribution in [3.05, 3.63) is 34.6 Å². The molecule has 1 aliphatic rings. The fourth-order valence-corrected chi connectivity index (χ4v) is 2.77. The summed E-state index contributed by atoms with van der Waals surface area (Å²) in [4.78, 5) is 0. The number of halogens is 2. The normalized spacial score (nSPS) is 24.6. The quantitative estimate of drug-likeness (QED) is 0.614. The molecule has 0 aliphatic heterocycles. The fourth-order valence-electron chi connectivity index (χ4n) is 2.59. The standard InChI is InChI=1S/C13H16ClFN2/c14-11-6-2-5-10(12(11)15)8-3-1-4-9(7-8)13(16)17/h2,5-6,8-9H,1,3-4,7H2,(H3,16,17). The van der Waals surface area contributed by atoms with Crippen molar-refractivity contribution >= 4 is 17.4 Å². The van der Waals surface area contributed by atoms with Gasteiger partial charge in [0.25, 0.3) is 0 Å². The van der Waals surface area contributed by atoms with Gasteiger partial charge in [-0.05, 0) is 36.8 Å². The van der Waals surface area contributed by atoms with E-state index >= 15 is 0 Å². The number of hydrogen-bond donors (Lipinski definition) is 2. The Morgan fingerprint density at radius 2 is 2.18 bits per heavy atom. The van der Waals surface area contributed by atoms with Gasteiger partial charge in [-0.25, -0.2) is 4.39 Å². The number of benzene rings is 1. The molecule has 1 saturated carbocycles. The van der Waals surface area contributed by atoms with Crippen molar-refractivity contribution in [2.45, 2.75) is 31.6 Å². The molecule has 0 aromatic heterocycles.